The van der Waals surface area contributed by atoms with Gasteiger partial charge in [-0.05, 0) is 231 Å². The summed E-state index contributed by atoms with van der Waals surface area (Å²) in [6.07, 6.45) is 0. The minimum atomic E-state index is -0.479. The Bertz CT molecular complexity index is 5350. The highest BCUT2D eigenvalue weighted by molar-refractivity contribution is 6.39. The Kier molecular flexibility index (Phi) is 8.18. The van der Waals surface area contributed by atoms with Gasteiger partial charge in [-0.3, -0.25) is 0 Å². The SMILES string of the molecule is CC12c3cc4c(cc3C3(C)c5cc6c(cc5C(C)(c5cc7c(cc51)c1c5ccccc5ccc1c1ccc5ccccc5c17)C23C)c1c2ccccc2ccc1c1ccc2ccccc2c16)c1c2ccccc2ccc1c1ccc2ccccc2c14. The molecule has 0 spiro atoms. The third-order valence-electron chi connectivity index (χ3n) is 23.8. The van der Waals surface area contributed by atoms with Crippen molar-refractivity contribution < 1.29 is 0 Å². The first-order chi connectivity index (χ1) is 42.2. The monoisotopic (exact) mass is 1090 g/mol. The van der Waals surface area contributed by atoms with Crippen molar-refractivity contribution in [1.29, 1.82) is 0 Å². The Morgan fingerprint density at radius 2 is 0.326 bits per heavy atom. The normalized spacial score (nSPS) is 20.5. The summed E-state index contributed by atoms with van der Waals surface area (Å²) in [6.45, 7) is 10.8. The van der Waals surface area contributed by atoms with Crippen molar-refractivity contribution in [2.24, 2.45) is 5.41 Å². The predicted octanol–water partition coefficient (Wildman–Crippen LogP) is 23.2. The zero-order valence-electron chi connectivity index (χ0n) is 48.2. The maximum atomic E-state index is 2.75. The molecule has 0 aromatic heterocycles. The van der Waals surface area contributed by atoms with Gasteiger partial charge >= 0.3 is 0 Å². The van der Waals surface area contributed by atoms with Gasteiger partial charge in [-0.1, -0.05) is 246 Å². The quantitative estimate of drug-likeness (QED) is 0.133. The minimum Gasteiger partial charge on any atom is -0.0616 e. The van der Waals surface area contributed by atoms with E-state index < -0.39 is 21.7 Å². The Morgan fingerprint density at radius 1 is 0.163 bits per heavy atom. The highest BCUT2D eigenvalue weighted by atomic mass is 14.8. The van der Waals surface area contributed by atoms with Crippen LogP contribution in [0.15, 0.2) is 255 Å². The molecular formula is C86H54. The van der Waals surface area contributed by atoms with E-state index in [2.05, 4.69) is 282 Å². The van der Waals surface area contributed by atoms with Crippen LogP contribution in [-0.4, -0.2) is 0 Å². The number of hydrogen-bond donors (Lipinski definition) is 0. The van der Waals surface area contributed by atoms with E-state index in [0.717, 1.165) is 0 Å². The molecule has 21 rings (SSSR count). The Balaban J connectivity index is 1.02. The van der Waals surface area contributed by atoms with E-state index in [0.29, 0.717) is 0 Å². The molecule has 0 saturated heterocycles. The summed E-state index contributed by atoms with van der Waals surface area (Å²) < 4.78 is 0. The van der Waals surface area contributed by atoms with Gasteiger partial charge in [-0.15, -0.1) is 0 Å². The molecule has 0 bridgehead atoms. The average molecular weight is 1090 g/mol. The van der Waals surface area contributed by atoms with Crippen LogP contribution in [0.3, 0.4) is 0 Å². The molecule has 0 fully saturated rings. The lowest BCUT2D eigenvalue weighted by Crippen LogP contribution is -2.51. The third-order valence-corrected chi connectivity index (χ3v) is 23.8. The average Bonchev–Trinajstić information content (AvgIpc) is 1.43. The summed E-state index contributed by atoms with van der Waals surface area (Å²) in [4.78, 5) is 0. The van der Waals surface area contributed by atoms with Crippen molar-refractivity contribution >= 4 is 162 Å². The van der Waals surface area contributed by atoms with Gasteiger partial charge in [0.15, 0.2) is 0 Å². The van der Waals surface area contributed by atoms with Crippen molar-refractivity contribution in [3.8, 4) is 0 Å². The molecular weight excluding hydrogens is 1030 g/mol. The molecule has 18 aromatic rings. The van der Waals surface area contributed by atoms with Gasteiger partial charge in [0.2, 0.25) is 0 Å². The van der Waals surface area contributed by atoms with Gasteiger partial charge in [-0.25, -0.2) is 0 Å². The first kappa shape index (κ1) is 46.3. The molecule has 0 saturated carbocycles. The molecule has 0 N–H and O–H groups in total. The van der Waals surface area contributed by atoms with Crippen LogP contribution >= 0.6 is 0 Å². The number of hydrogen-bond acceptors (Lipinski definition) is 0. The topological polar surface area (TPSA) is 0 Å². The zero-order chi connectivity index (χ0) is 56.5. The molecule has 3 aliphatic carbocycles. The van der Waals surface area contributed by atoms with Crippen LogP contribution in [-0.2, 0) is 16.2 Å². The standard InChI is InChI=1S/C86H54/c1-83-71-41-65-67(79-55-25-13-7-19-49(55)31-37-61(79)59-35-29-47-17-5-11-23-53(47)77(59)65)43-73(71)84(2)75-45-69-70(82-58-28-16-10-22-52(58)34-40-64(82)63-39-33-51-21-9-15-27-57(51)81(63)69)46-76(75)85(3,86(83,84)4)74-44-68-66(42-72(74)83)78-54-24-12-6-18-48(54)30-36-60(78)62-38-32-50-20-8-14-26-56(50)80(62)68/h5-46H,1-4H3. The Hall–Kier alpha value is -10.1. The minimum absolute atomic E-state index is 0.409. The van der Waals surface area contributed by atoms with E-state index in [1.807, 2.05) is 0 Å². The Labute approximate surface area is 496 Å². The third kappa shape index (κ3) is 4.97. The second kappa shape index (κ2) is 15.2. The van der Waals surface area contributed by atoms with Gasteiger partial charge in [0.25, 0.3) is 0 Å². The fraction of sp³-hybridized carbons (Fsp3) is 0.0930. The van der Waals surface area contributed by atoms with E-state index in [9.17, 15) is 0 Å². The molecule has 18 aromatic carbocycles. The predicted molar refractivity (Wildman–Crippen MR) is 369 cm³/mol. The Morgan fingerprint density at radius 3 is 0.500 bits per heavy atom. The van der Waals surface area contributed by atoms with E-state index in [1.54, 1.807) is 0 Å². The van der Waals surface area contributed by atoms with Crippen molar-refractivity contribution in [1.82, 2.24) is 0 Å². The van der Waals surface area contributed by atoms with E-state index in [-0.39, 0.29) is 0 Å². The van der Waals surface area contributed by atoms with Gasteiger partial charge in [0.05, 0.1) is 0 Å². The zero-order valence-corrected chi connectivity index (χ0v) is 48.2. The lowest BCUT2D eigenvalue weighted by Gasteiger charge is -2.49. The van der Waals surface area contributed by atoms with Gasteiger partial charge in [-0.2, -0.15) is 0 Å². The molecule has 0 aliphatic heterocycles. The smallest absolute Gasteiger partial charge is 0.0258 e. The van der Waals surface area contributed by atoms with Crippen LogP contribution in [0.25, 0.3) is 162 Å². The lowest BCUT2D eigenvalue weighted by atomic mass is 9.52. The largest absolute Gasteiger partial charge is 0.0616 e. The molecule has 0 nitrogen and oxygen atoms in total. The van der Waals surface area contributed by atoms with Gasteiger partial charge < -0.3 is 0 Å². The molecule has 0 amide bonds. The maximum absolute atomic E-state index is 2.75. The number of benzene rings is 18. The van der Waals surface area contributed by atoms with E-state index >= 15 is 0 Å². The highest BCUT2D eigenvalue weighted by Crippen LogP contribution is 2.83. The second-order valence-electron chi connectivity index (χ2n) is 26.6. The van der Waals surface area contributed by atoms with E-state index in [4.69, 9.17) is 0 Å². The van der Waals surface area contributed by atoms with Crippen molar-refractivity contribution in [3.05, 3.63) is 288 Å². The summed E-state index contributed by atoms with van der Waals surface area (Å²) in [6, 6.07) is 99.8. The molecule has 0 radical (unpaired) electrons. The summed E-state index contributed by atoms with van der Waals surface area (Å²) in [5.41, 5.74) is 6.90. The lowest BCUT2D eigenvalue weighted by molar-refractivity contribution is 0.0998. The highest BCUT2D eigenvalue weighted by Gasteiger charge is 2.80. The fourth-order valence-electron chi connectivity index (χ4n) is 19.8. The molecule has 0 heteroatoms. The molecule has 0 heterocycles. The first-order valence-corrected chi connectivity index (χ1v) is 30.9. The van der Waals surface area contributed by atoms with Crippen molar-refractivity contribution in [2.45, 2.75) is 43.9 Å². The van der Waals surface area contributed by atoms with E-state index in [1.165, 1.54) is 195 Å². The molecule has 0 atom stereocenters. The number of rotatable bonds is 0. The van der Waals surface area contributed by atoms with Gasteiger partial charge in [0.1, 0.15) is 0 Å². The number of fused-ring (bicyclic) bond motifs is 39. The van der Waals surface area contributed by atoms with Crippen LogP contribution in [0, 0.1) is 5.41 Å². The molecule has 0 unspecified atom stereocenters. The maximum Gasteiger partial charge on any atom is 0.0258 e. The summed E-state index contributed by atoms with van der Waals surface area (Å²) in [7, 11) is 0. The van der Waals surface area contributed by atoms with Gasteiger partial charge in [0, 0.05) is 21.7 Å². The van der Waals surface area contributed by atoms with Crippen molar-refractivity contribution in [3.63, 3.8) is 0 Å². The van der Waals surface area contributed by atoms with Crippen LogP contribution in [0.5, 0.6) is 0 Å². The molecule has 3 aliphatic rings. The van der Waals surface area contributed by atoms with Crippen LogP contribution < -0.4 is 0 Å². The first-order valence-electron chi connectivity index (χ1n) is 30.9. The van der Waals surface area contributed by atoms with Crippen molar-refractivity contribution in [2.75, 3.05) is 0 Å². The molecule has 398 valence electrons. The summed E-state index contributed by atoms with van der Waals surface area (Å²) >= 11 is 0. The fourth-order valence-corrected chi connectivity index (χ4v) is 19.8. The second-order valence-corrected chi connectivity index (χ2v) is 26.6. The summed E-state index contributed by atoms with van der Waals surface area (Å²) in [5, 5.41) is 39.5. The van der Waals surface area contributed by atoms with Crippen LogP contribution in [0.4, 0.5) is 0 Å². The van der Waals surface area contributed by atoms with Crippen LogP contribution in [0.2, 0.25) is 0 Å². The molecule has 86 heavy (non-hydrogen) atoms. The van der Waals surface area contributed by atoms with Crippen LogP contribution in [0.1, 0.15) is 61.1 Å². The summed E-state index contributed by atoms with van der Waals surface area (Å²) in [5.74, 6) is 0.